The first-order valence-corrected chi connectivity index (χ1v) is 8.40. The second kappa shape index (κ2) is 7.22. The minimum atomic E-state index is -1.02. The molecular weight excluding hydrogens is 354 g/mol. The minimum Gasteiger partial charge on any atom is -0.481 e. The van der Waals surface area contributed by atoms with E-state index in [9.17, 15) is 24.3 Å². The number of carbonyl (C=O) groups is 4. The lowest BCUT2D eigenvalue weighted by Gasteiger charge is -2.24. The van der Waals surface area contributed by atoms with Gasteiger partial charge in [-0.25, -0.2) is 9.59 Å². The Morgan fingerprint density at radius 3 is 2.22 bits per heavy atom. The summed E-state index contributed by atoms with van der Waals surface area (Å²) in [6, 6.07) is 4.05. The lowest BCUT2D eigenvalue weighted by Crippen LogP contribution is -2.36. The smallest absolute Gasteiger partial charge is 0.339 e. The summed E-state index contributed by atoms with van der Waals surface area (Å²) in [6.07, 6.45) is 4.31. The van der Waals surface area contributed by atoms with Crippen LogP contribution in [0.15, 0.2) is 30.4 Å². The van der Waals surface area contributed by atoms with Crippen LogP contribution in [0.5, 0.6) is 0 Å². The van der Waals surface area contributed by atoms with E-state index in [4.69, 9.17) is 4.74 Å². The number of ether oxygens (including phenoxy) is 2. The maximum absolute atomic E-state index is 12.9. The Labute approximate surface area is 155 Å². The van der Waals surface area contributed by atoms with Crippen LogP contribution in [0.3, 0.4) is 0 Å². The summed E-state index contributed by atoms with van der Waals surface area (Å²) in [5.74, 6) is -4.76. The third kappa shape index (κ3) is 3.30. The first-order valence-electron chi connectivity index (χ1n) is 8.40. The van der Waals surface area contributed by atoms with Gasteiger partial charge in [-0.1, -0.05) is 12.2 Å². The predicted octanol–water partition coefficient (Wildman–Crippen LogP) is 1.72. The zero-order valence-electron chi connectivity index (χ0n) is 14.8. The van der Waals surface area contributed by atoms with E-state index >= 15 is 0 Å². The Balaban J connectivity index is 1.92. The lowest BCUT2D eigenvalue weighted by molar-refractivity contribution is -0.146. The average Bonchev–Trinajstić information content (AvgIpc) is 3.28. The number of nitrogens with one attached hydrogen (secondary N) is 1. The van der Waals surface area contributed by atoms with Crippen molar-refractivity contribution < 1.29 is 33.8 Å². The first kappa shape index (κ1) is 18.6. The largest absolute Gasteiger partial charge is 0.481 e. The van der Waals surface area contributed by atoms with Crippen molar-refractivity contribution in [2.75, 3.05) is 19.5 Å². The molecule has 2 bridgehead atoms. The van der Waals surface area contributed by atoms with Gasteiger partial charge in [-0.2, -0.15) is 0 Å². The number of allylic oxidation sites excluding steroid dienone is 2. The number of fused-ring (bicyclic) bond motifs is 2. The molecule has 1 aromatic rings. The number of carboxylic acid groups (broad SMARTS) is 1. The number of carbonyl (C=O) groups excluding carboxylic acids is 3. The van der Waals surface area contributed by atoms with Gasteiger partial charge in [-0.05, 0) is 36.5 Å². The zero-order chi connectivity index (χ0) is 19.7. The maximum Gasteiger partial charge on any atom is 0.339 e. The molecule has 27 heavy (non-hydrogen) atoms. The van der Waals surface area contributed by atoms with Crippen LogP contribution in [-0.2, 0) is 19.1 Å². The molecule has 1 aromatic carbocycles. The quantitative estimate of drug-likeness (QED) is 0.596. The molecule has 1 fully saturated rings. The zero-order valence-corrected chi connectivity index (χ0v) is 14.8. The Morgan fingerprint density at radius 2 is 1.63 bits per heavy atom. The van der Waals surface area contributed by atoms with E-state index in [2.05, 4.69) is 10.1 Å². The van der Waals surface area contributed by atoms with Gasteiger partial charge in [0.25, 0.3) is 0 Å². The number of anilines is 1. The highest BCUT2D eigenvalue weighted by Gasteiger charge is 2.51. The molecule has 8 heteroatoms. The van der Waals surface area contributed by atoms with Crippen molar-refractivity contribution in [2.24, 2.45) is 23.7 Å². The van der Waals surface area contributed by atoms with E-state index in [1.807, 2.05) is 12.2 Å². The summed E-state index contributed by atoms with van der Waals surface area (Å²) < 4.78 is 9.36. The molecule has 4 atom stereocenters. The molecule has 3 rings (SSSR count). The average molecular weight is 373 g/mol. The number of carboxylic acids is 1. The summed E-state index contributed by atoms with van der Waals surface area (Å²) in [5.41, 5.74) is 0.276. The fourth-order valence-corrected chi connectivity index (χ4v) is 3.91. The SMILES string of the molecule is COC(=O)c1ccc(C(=O)OC)c(NC(=O)[C@@H]2[C@H](C(=O)O)[C@H]3C=C[C@H]2C3)c1. The van der Waals surface area contributed by atoms with Gasteiger partial charge in [-0.15, -0.1) is 0 Å². The van der Waals surface area contributed by atoms with Crippen molar-refractivity contribution in [1.82, 2.24) is 0 Å². The van der Waals surface area contributed by atoms with Crippen LogP contribution in [0.1, 0.15) is 27.1 Å². The number of hydrogen-bond donors (Lipinski definition) is 2. The van der Waals surface area contributed by atoms with Crippen molar-refractivity contribution in [3.05, 3.63) is 41.5 Å². The van der Waals surface area contributed by atoms with Crippen LogP contribution >= 0.6 is 0 Å². The molecule has 8 nitrogen and oxygen atoms in total. The number of amides is 1. The van der Waals surface area contributed by atoms with Crippen molar-refractivity contribution >= 4 is 29.5 Å². The first-order chi connectivity index (χ1) is 12.9. The highest BCUT2D eigenvalue weighted by Crippen LogP contribution is 2.48. The molecule has 1 amide bonds. The highest BCUT2D eigenvalue weighted by molar-refractivity contribution is 6.04. The topological polar surface area (TPSA) is 119 Å². The number of esters is 2. The van der Waals surface area contributed by atoms with E-state index < -0.39 is 35.7 Å². The summed E-state index contributed by atoms with van der Waals surface area (Å²) >= 11 is 0. The molecule has 2 aliphatic rings. The van der Waals surface area contributed by atoms with Crippen molar-refractivity contribution in [2.45, 2.75) is 6.42 Å². The summed E-state index contributed by atoms with van der Waals surface area (Å²) in [4.78, 5) is 48.2. The number of benzene rings is 1. The van der Waals surface area contributed by atoms with Gasteiger partial charge in [0, 0.05) is 0 Å². The fraction of sp³-hybridized carbons (Fsp3) is 0.368. The number of hydrogen-bond acceptors (Lipinski definition) is 6. The second-order valence-electron chi connectivity index (χ2n) is 6.57. The Morgan fingerprint density at radius 1 is 1.00 bits per heavy atom. The minimum absolute atomic E-state index is 0.0593. The van der Waals surface area contributed by atoms with Crippen LogP contribution in [0.2, 0.25) is 0 Å². The van der Waals surface area contributed by atoms with E-state index in [0.29, 0.717) is 6.42 Å². The summed E-state index contributed by atoms with van der Waals surface area (Å²) in [7, 11) is 2.41. The van der Waals surface area contributed by atoms with Gasteiger partial charge < -0.3 is 19.9 Å². The van der Waals surface area contributed by atoms with Crippen LogP contribution in [-0.4, -0.2) is 43.1 Å². The predicted molar refractivity (Wildman–Crippen MR) is 93.1 cm³/mol. The van der Waals surface area contributed by atoms with Crippen LogP contribution in [0.25, 0.3) is 0 Å². The standard InChI is InChI=1S/C19H19NO7/c1-26-18(24)11-5-6-12(19(25)27-2)13(8-11)20-16(21)14-9-3-4-10(7-9)15(14)17(22)23/h3-6,8-10,14-15H,7H2,1-2H3,(H,20,21)(H,22,23)/t9-,10-,14-,15+/m0/s1. The van der Waals surface area contributed by atoms with Gasteiger partial charge in [0.2, 0.25) is 5.91 Å². The number of methoxy groups -OCH3 is 2. The Kier molecular flexibility index (Phi) is 4.98. The molecule has 0 aromatic heterocycles. The van der Waals surface area contributed by atoms with Gasteiger partial charge in [0.05, 0.1) is 42.9 Å². The molecule has 0 heterocycles. The van der Waals surface area contributed by atoms with Crippen LogP contribution in [0, 0.1) is 23.7 Å². The molecule has 0 spiro atoms. The molecule has 1 saturated carbocycles. The Bertz CT molecular complexity index is 844. The van der Waals surface area contributed by atoms with Crippen LogP contribution in [0.4, 0.5) is 5.69 Å². The second-order valence-corrected chi connectivity index (χ2v) is 6.57. The summed E-state index contributed by atoms with van der Waals surface area (Å²) in [5, 5.41) is 12.1. The van der Waals surface area contributed by atoms with Crippen molar-refractivity contribution in [1.29, 1.82) is 0 Å². The van der Waals surface area contributed by atoms with Gasteiger partial charge in [0.1, 0.15) is 0 Å². The Hall–Kier alpha value is -3.16. The monoisotopic (exact) mass is 373 g/mol. The van der Waals surface area contributed by atoms with E-state index in [0.717, 1.165) is 0 Å². The van der Waals surface area contributed by atoms with E-state index in [-0.39, 0.29) is 28.7 Å². The van der Waals surface area contributed by atoms with Crippen molar-refractivity contribution in [3.8, 4) is 0 Å². The molecule has 2 N–H and O–H groups in total. The molecule has 142 valence electrons. The van der Waals surface area contributed by atoms with E-state index in [1.165, 1.54) is 32.4 Å². The summed E-state index contributed by atoms with van der Waals surface area (Å²) in [6.45, 7) is 0. The number of rotatable bonds is 5. The fourth-order valence-electron chi connectivity index (χ4n) is 3.91. The van der Waals surface area contributed by atoms with Crippen LogP contribution < -0.4 is 5.32 Å². The normalized spacial score (nSPS) is 25.1. The molecular formula is C19H19NO7. The third-order valence-electron chi connectivity index (χ3n) is 5.15. The molecule has 0 unspecified atom stereocenters. The molecule has 0 radical (unpaired) electrons. The number of aliphatic carboxylic acids is 1. The van der Waals surface area contributed by atoms with Gasteiger partial charge in [-0.3, -0.25) is 9.59 Å². The van der Waals surface area contributed by atoms with Gasteiger partial charge in [0.15, 0.2) is 0 Å². The van der Waals surface area contributed by atoms with Crippen molar-refractivity contribution in [3.63, 3.8) is 0 Å². The molecule has 2 aliphatic carbocycles. The highest BCUT2D eigenvalue weighted by atomic mass is 16.5. The van der Waals surface area contributed by atoms with E-state index in [1.54, 1.807) is 0 Å². The van der Waals surface area contributed by atoms with Gasteiger partial charge >= 0.3 is 17.9 Å². The maximum atomic E-state index is 12.9. The molecule has 0 aliphatic heterocycles. The lowest BCUT2D eigenvalue weighted by atomic mass is 9.82. The third-order valence-corrected chi connectivity index (χ3v) is 5.15. The molecule has 0 saturated heterocycles.